The van der Waals surface area contributed by atoms with Crippen molar-refractivity contribution < 1.29 is 0 Å². The van der Waals surface area contributed by atoms with Crippen LogP contribution in [0.15, 0.2) is 18.5 Å². The maximum atomic E-state index is 4.41. The quantitative estimate of drug-likeness (QED) is 0.885. The van der Waals surface area contributed by atoms with E-state index in [9.17, 15) is 0 Å². The zero-order valence-corrected chi connectivity index (χ0v) is 10.6. The molecule has 0 aromatic carbocycles. The molecule has 2 heterocycles. The predicted octanol–water partition coefficient (Wildman–Crippen LogP) is 2.21. The van der Waals surface area contributed by atoms with E-state index < -0.39 is 0 Å². The van der Waals surface area contributed by atoms with Crippen LogP contribution in [0, 0.1) is 0 Å². The van der Waals surface area contributed by atoms with Crippen LogP contribution in [-0.2, 0) is 7.05 Å². The van der Waals surface area contributed by atoms with Gasteiger partial charge in [-0.05, 0) is 19.5 Å². The maximum absolute atomic E-state index is 4.41. The van der Waals surface area contributed by atoms with Crippen molar-refractivity contribution in [3.63, 3.8) is 0 Å². The van der Waals surface area contributed by atoms with Gasteiger partial charge in [0, 0.05) is 30.4 Å². The average Bonchev–Trinajstić information content (AvgIpc) is 2.85. The standard InChI is InChI=1S/C11H16N4S/c1-4-12-8(2)10-7-13-11(16-10)9-5-6-15(3)14-9/h5-8,12H,4H2,1-3H3. The summed E-state index contributed by atoms with van der Waals surface area (Å²) in [6.45, 7) is 5.23. The summed E-state index contributed by atoms with van der Waals surface area (Å²) in [5, 5.41) is 8.71. The Morgan fingerprint density at radius 3 is 3.00 bits per heavy atom. The lowest BCUT2D eigenvalue weighted by Crippen LogP contribution is -2.16. The summed E-state index contributed by atoms with van der Waals surface area (Å²) < 4.78 is 1.80. The molecule has 2 rings (SSSR count). The molecule has 0 radical (unpaired) electrons. The Hall–Kier alpha value is -1.20. The summed E-state index contributed by atoms with van der Waals surface area (Å²) in [7, 11) is 1.92. The SMILES string of the molecule is CCNC(C)c1cnc(-c2ccn(C)n2)s1. The van der Waals surface area contributed by atoms with Gasteiger partial charge >= 0.3 is 0 Å². The van der Waals surface area contributed by atoms with E-state index >= 15 is 0 Å². The zero-order chi connectivity index (χ0) is 11.5. The summed E-state index contributed by atoms with van der Waals surface area (Å²) in [4.78, 5) is 5.66. The third kappa shape index (κ3) is 2.31. The summed E-state index contributed by atoms with van der Waals surface area (Å²) in [5.41, 5.74) is 0.947. The molecule has 0 fully saturated rings. The van der Waals surface area contributed by atoms with Crippen molar-refractivity contribution in [1.82, 2.24) is 20.1 Å². The van der Waals surface area contributed by atoms with Gasteiger partial charge in [-0.1, -0.05) is 6.92 Å². The molecule has 0 aliphatic heterocycles. The van der Waals surface area contributed by atoms with Gasteiger partial charge in [0.05, 0.1) is 0 Å². The van der Waals surface area contributed by atoms with Gasteiger partial charge < -0.3 is 5.32 Å². The van der Waals surface area contributed by atoms with E-state index in [4.69, 9.17) is 0 Å². The number of hydrogen-bond donors (Lipinski definition) is 1. The van der Waals surface area contributed by atoms with Crippen molar-refractivity contribution in [3.8, 4) is 10.7 Å². The van der Waals surface area contributed by atoms with Crippen LogP contribution < -0.4 is 5.32 Å². The first kappa shape index (κ1) is 11.3. The summed E-state index contributed by atoms with van der Waals surface area (Å²) in [6, 6.07) is 2.35. The smallest absolute Gasteiger partial charge is 0.143 e. The Kier molecular flexibility index (Phi) is 3.36. The molecule has 0 amide bonds. The number of aromatic nitrogens is 3. The second-order valence-electron chi connectivity index (χ2n) is 3.72. The fourth-order valence-corrected chi connectivity index (χ4v) is 2.45. The topological polar surface area (TPSA) is 42.7 Å². The van der Waals surface area contributed by atoms with E-state index in [0.717, 1.165) is 17.2 Å². The number of nitrogens with zero attached hydrogens (tertiary/aromatic N) is 3. The van der Waals surface area contributed by atoms with Crippen LogP contribution in [0.4, 0.5) is 0 Å². The van der Waals surface area contributed by atoms with Crippen LogP contribution in [0.5, 0.6) is 0 Å². The maximum Gasteiger partial charge on any atom is 0.143 e. The van der Waals surface area contributed by atoms with Gasteiger partial charge in [0.25, 0.3) is 0 Å². The van der Waals surface area contributed by atoms with Crippen LogP contribution in [0.2, 0.25) is 0 Å². The normalized spacial score (nSPS) is 12.9. The molecule has 1 N–H and O–H groups in total. The highest BCUT2D eigenvalue weighted by molar-refractivity contribution is 7.15. The first-order valence-electron chi connectivity index (χ1n) is 5.40. The minimum absolute atomic E-state index is 0.361. The van der Waals surface area contributed by atoms with Crippen molar-refractivity contribution >= 4 is 11.3 Å². The molecule has 2 aromatic rings. The number of nitrogens with one attached hydrogen (secondary N) is 1. The Morgan fingerprint density at radius 1 is 1.56 bits per heavy atom. The highest BCUT2D eigenvalue weighted by Crippen LogP contribution is 2.27. The second-order valence-corrected chi connectivity index (χ2v) is 4.78. The zero-order valence-electron chi connectivity index (χ0n) is 9.77. The largest absolute Gasteiger partial charge is 0.310 e. The van der Waals surface area contributed by atoms with Gasteiger partial charge in [0.2, 0.25) is 0 Å². The average molecular weight is 236 g/mol. The molecule has 2 aromatic heterocycles. The Morgan fingerprint density at radius 2 is 2.38 bits per heavy atom. The highest BCUT2D eigenvalue weighted by Gasteiger charge is 2.11. The molecule has 0 spiro atoms. The van der Waals surface area contributed by atoms with E-state index in [1.54, 1.807) is 16.0 Å². The molecule has 0 aliphatic rings. The minimum Gasteiger partial charge on any atom is -0.310 e. The van der Waals surface area contributed by atoms with Gasteiger partial charge in [-0.3, -0.25) is 4.68 Å². The lowest BCUT2D eigenvalue weighted by atomic mass is 10.3. The predicted molar refractivity (Wildman–Crippen MR) is 66.4 cm³/mol. The highest BCUT2D eigenvalue weighted by atomic mass is 32.1. The molecular formula is C11H16N4S. The van der Waals surface area contributed by atoms with Crippen LogP contribution in [0.1, 0.15) is 24.8 Å². The molecule has 1 unspecified atom stereocenters. The van der Waals surface area contributed by atoms with Gasteiger partial charge in [-0.2, -0.15) is 5.10 Å². The van der Waals surface area contributed by atoms with Crippen LogP contribution >= 0.6 is 11.3 Å². The van der Waals surface area contributed by atoms with Gasteiger partial charge in [0.1, 0.15) is 10.7 Å². The van der Waals surface area contributed by atoms with Crippen molar-refractivity contribution in [2.75, 3.05) is 6.54 Å². The first-order chi connectivity index (χ1) is 7.70. The molecular weight excluding hydrogens is 220 g/mol. The van der Waals surface area contributed by atoms with Crippen molar-refractivity contribution in [1.29, 1.82) is 0 Å². The third-order valence-corrected chi connectivity index (χ3v) is 3.60. The first-order valence-corrected chi connectivity index (χ1v) is 6.21. The molecule has 86 valence electrons. The van der Waals surface area contributed by atoms with Gasteiger partial charge in [0.15, 0.2) is 0 Å². The molecule has 16 heavy (non-hydrogen) atoms. The van der Waals surface area contributed by atoms with E-state index in [1.165, 1.54) is 4.88 Å². The molecule has 0 saturated heterocycles. The van der Waals surface area contributed by atoms with E-state index in [1.807, 2.05) is 25.5 Å². The van der Waals surface area contributed by atoms with E-state index in [0.29, 0.717) is 6.04 Å². The number of aryl methyl sites for hydroxylation is 1. The number of rotatable bonds is 4. The Balaban J connectivity index is 2.19. The second kappa shape index (κ2) is 4.76. The van der Waals surface area contributed by atoms with Crippen LogP contribution in [-0.4, -0.2) is 21.3 Å². The van der Waals surface area contributed by atoms with Crippen LogP contribution in [0.3, 0.4) is 0 Å². The molecule has 4 nitrogen and oxygen atoms in total. The summed E-state index contributed by atoms with van der Waals surface area (Å²) in [6.07, 6.45) is 3.87. The Labute approximate surface area is 99.3 Å². The molecule has 0 bridgehead atoms. The lowest BCUT2D eigenvalue weighted by Gasteiger charge is -2.07. The molecule has 0 saturated carbocycles. The number of thiazole rings is 1. The van der Waals surface area contributed by atoms with Gasteiger partial charge in [-0.15, -0.1) is 11.3 Å². The van der Waals surface area contributed by atoms with E-state index in [2.05, 4.69) is 29.2 Å². The fourth-order valence-electron chi connectivity index (χ4n) is 1.54. The summed E-state index contributed by atoms with van der Waals surface area (Å²) in [5.74, 6) is 0. The third-order valence-electron chi connectivity index (χ3n) is 2.39. The van der Waals surface area contributed by atoms with E-state index in [-0.39, 0.29) is 0 Å². The van der Waals surface area contributed by atoms with Crippen LogP contribution in [0.25, 0.3) is 10.7 Å². The lowest BCUT2D eigenvalue weighted by molar-refractivity contribution is 0.606. The van der Waals surface area contributed by atoms with Crippen molar-refractivity contribution in [3.05, 3.63) is 23.3 Å². The van der Waals surface area contributed by atoms with Gasteiger partial charge in [-0.25, -0.2) is 4.98 Å². The molecule has 1 atom stereocenters. The summed E-state index contributed by atoms with van der Waals surface area (Å²) >= 11 is 1.70. The monoisotopic (exact) mass is 236 g/mol. The molecule has 0 aliphatic carbocycles. The molecule has 5 heteroatoms. The Bertz CT molecular complexity index is 460. The van der Waals surface area contributed by atoms with Crippen molar-refractivity contribution in [2.24, 2.45) is 7.05 Å². The number of hydrogen-bond acceptors (Lipinski definition) is 4. The van der Waals surface area contributed by atoms with Crippen molar-refractivity contribution in [2.45, 2.75) is 19.9 Å². The minimum atomic E-state index is 0.361. The fraction of sp³-hybridized carbons (Fsp3) is 0.455.